The second-order valence-electron chi connectivity index (χ2n) is 4.99. The highest BCUT2D eigenvalue weighted by molar-refractivity contribution is 5.78. The summed E-state index contributed by atoms with van der Waals surface area (Å²) in [7, 11) is 3.35. The summed E-state index contributed by atoms with van der Waals surface area (Å²) in [5, 5.41) is 8.65. The largest absolute Gasteiger partial charge is 0.480 e. The Kier molecular flexibility index (Phi) is 6.18. The highest BCUT2D eigenvalue weighted by Gasteiger charge is 2.13. The zero-order chi connectivity index (χ0) is 15.1. The van der Waals surface area contributed by atoms with Crippen molar-refractivity contribution in [2.75, 3.05) is 27.2 Å². The summed E-state index contributed by atoms with van der Waals surface area (Å²) < 4.78 is 0. The van der Waals surface area contributed by atoms with E-state index < -0.39 is 5.97 Å². The Morgan fingerprint density at radius 3 is 2.10 bits per heavy atom. The van der Waals surface area contributed by atoms with Crippen molar-refractivity contribution in [2.45, 2.75) is 19.9 Å². The van der Waals surface area contributed by atoms with E-state index in [1.807, 2.05) is 12.1 Å². The first-order valence-electron chi connectivity index (χ1n) is 6.64. The maximum absolute atomic E-state index is 12.0. The van der Waals surface area contributed by atoms with Crippen LogP contribution in [0.4, 0.5) is 0 Å². The van der Waals surface area contributed by atoms with Gasteiger partial charge in [-0.05, 0) is 24.6 Å². The van der Waals surface area contributed by atoms with Gasteiger partial charge in [0.2, 0.25) is 5.91 Å². The van der Waals surface area contributed by atoms with Crippen molar-refractivity contribution < 1.29 is 14.7 Å². The van der Waals surface area contributed by atoms with E-state index in [1.54, 1.807) is 19.0 Å². The Morgan fingerprint density at radius 1 is 1.05 bits per heavy atom. The Morgan fingerprint density at radius 2 is 1.60 bits per heavy atom. The van der Waals surface area contributed by atoms with Gasteiger partial charge in [-0.2, -0.15) is 0 Å². The summed E-state index contributed by atoms with van der Waals surface area (Å²) in [4.78, 5) is 25.6. The number of hydrogen-bond donors (Lipinski definition) is 1. The molecule has 1 aromatic rings. The Balaban J connectivity index is 2.50. The third-order valence-electron chi connectivity index (χ3n) is 3.09. The van der Waals surface area contributed by atoms with Crippen LogP contribution in [0.25, 0.3) is 0 Å². The third kappa shape index (κ3) is 5.40. The molecule has 5 nitrogen and oxygen atoms in total. The monoisotopic (exact) mass is 278 g/mol. The number of nitrogens with zero attached hydrogens (tertiary/aromatic N) is 2. The number of carbonyl (C=O) groups excluding carboxylic acids is 1. The van der Waals surface area contributed by atoms with Crippen molar-refractivity contribution in [3.05, 3.63) is 35.4 Å². The van der Waals surface area contributed by atoms with E-state index in [1.165, 1.54) is 10.5 Å². The van der Waals surface area contributed by atoms with Crippen molar-refractivity contribution in [1.82, 2.24) is 9.80 Å². The molecule has 0 atom stereocenters. The van der Waals surface area contributed by atoms with Gasteiger partial charge in [0.25, 0.3) is 0 Å². The van der Waals surface area contributed by atoms with Gasteiger partial charge in [-0.25, -0.2) is 0 Å². The lowest BCUT2D eigenvalue weighted by molar-refractivity contribution is -0.139. The number of rotatable bonds is 7. The first-order valence-corrected chi connectivity index (χ1v) is 6.64. The van der Waals surface area contributed by atoms with Gasteiger partial charge >= 0.3 is 5.97 Å². The molecular weight excluding hydrogens is 256 g/mol. The predicted molar refractivity (Wildman–Crippen MR) is 77.4 cm³/mol. The van der Waals surface area contributed by atoms with Crippen LogP contribution in [0.15, 0.2) is 24.3 Å². The molecular formula is C15H22N2O3. The normalized spacial score (nSPS) is 10.6. The van der Waals surface area contributed by atoms with Crippen molar-refractivity contribution in [2.24, 2.45) is 0 Å². The molecule has 0 heterocycles. The van der Waals surface area contributed by atoms with Crippen LogP contribution in [0.3, 0.4) is 0 Å². The number of carbonyl (C=O) groups is 2. The van der Waals surface area contributed by atoms with Gasteiger partial charge in [0.15, 0.2) is 0 Å². The molecule has 1 aromatic carbocycles. The molecule has 0 aliphatic rings. The van der Waals surface area contributed by atoms with Gasteiger partial charge in [-0.1, -0.05) is 31.2 Å². The molecule has 5 heteroatoms. The molecule has 110 valence electrons. The number of aliphatic carboxylic acids is 1. The highest BCUT2D eigenvalue weighted by atomic mass is 16.4. The Labute approximate surface area is 119 Å². The maximum atomic E-state index is 12.0. The standard InChI is InChI=1S/C15H22N2O3/c1-4-12-5-7-13(8-6-12)9-17(3)14(18)10-16(2)11-15(19)20/h5-8H,4,9-11H2,1-3H3,(H,19,20). The number of aryl methyl sites for hydroxylation is 1. The number of carboxylic acids is 1. The van der Waals surface area contributed by atoms with Gasteiger partial charge in [0.05, 0.1) is 13.1 Å². The number of likely N-dealkylation sites (N-methyl/N-ethyl adjacent to an activating group) is 2. The minimum Gasteiger partial charge on any atom is -0.480 e. The fourth-order valence-corrected chi connectivity index (χ4v) is 1.88. The molecule has 20 heavy (non-hydrogen) atoms. The lowest BCUT2D eigenvalue weighted by Crippen LogP contribution is -2.38. The lowest BCUT2D eigenvalue weighted by Gasteiger charge is -2.21. The number of hydrogen-bond acceptors (Lipinski definition) is 3. The topological polar surface area (TPSA) is 60.9 Å². The Bertz CT molecular complexity index is 457. The lowest BCUT2D eigenvalue weighted by atomic mass is 10.1. The van der Waals surface area contributed by atoms with Crippen LogP contribution in [0.2, 0.25) is 0 Å². The summed E-state index contributed by atoms with van der Waals surface area (Å²) >= 11 is 0. The molecule has 0 saturated heterocycles. The Hall–Kier alpha value is -1.88. The summed E-state index contributed by atoms with van der Waals surface area (Å²) in [6.07, 6.45) is 0.995. The van der Waals surface area contributed by atoms with Gasteiger partial charge < -0.3 is 10.0 Å². The van der Waals surface area contributed by atoms with Crippen LogP contribution in [0.5, 0.6) is 0 Å². The van der Waals surface area contributed by atoms with Gasteiger partial charge in [0, 0.05) is 13.6 Å². The van der Waals surface area contributed by atoms with Gasteiger partial charge in [-0.3, -0.25) is 14.5 Å². The van der Waals surface area contributed by atoms with E-state index in [9.17, 15) is 9.59 Å². The van der Waals surface area contributed by atoms with Gasteiger partial charge in [-0.15, -0.1) is 0 Å². The molecule has 0 aliphatic carbocycles. The summed E-state index contributed by atoms with van der Waals surface area (Å²) in [5.74, 6) is -1.02. The molecule has 0 aromatic heterocycles. The van der Waals surface area contributed by atoms with Crippen LogP contribution in [0.1, 0.15) is 18.1 Å². The van der Waals surface area contributed by atoms with Crippen molar-refractivity contribution in [3.8, 4) is 0 Å². The summed E-state index contributed by atoms with van der Waals surface area (Å²) in [6.45, 7) is 2.60. The SMILES string of the molecule is CCc1ccc(CN(C)C(=O)CN(C)CC(=O)O)cc1. The third-order valence-corrected chi connectivity index (χ3v) is 3.09. The van der Waals surface area contributed by atoms with Crippen molar-refractivity contribution in [1.29, 1.82) is 0 Å². The molecule has 1 amide bonds. The molecule has 0 spiro atoms. The number of carboxylic acid groups (broad SMARTS) is 1. The smallest absolute Gasteiger partial charge is 0.317 e. The van der Waals surface area contributed by atoms with E-state index in [4.69, 9.17) is 5.11 Å². The number of benzene rings is 1. The highest BCUT2D eigenvalue weighted by Crippen LogP contribution is 2.07. The molecule has 0 aliphatic heterocycles. The van der Waals surface area contributed by atoms with Crippen LogP contribution in [-0.4, -0.2) is 54.0 Å². The van der Waals surface area contributed by atoms with E-state index in [2.05, 4.69) is 19.1 Å². The average Bonchev–Trinajstić information content (AvgIpc) is 2.38. The molecule has 0 fully saturated rings. The average molecular weight is 278 g/mol. The number of amides is 1. The molecule has 0 bridgehead atoms. The molecule has 0 radical (unpaired) electrons. The minimum atomic E-state index is -0.932. The quantitative estimate of drug-likeness (QED) is 0.815. The minimum absolute atomic E-state index is 0.0895. The maximum Gasteiger partial charge on any atom is 0.317 e. The van der Waals surface area contributed by atoms with E-state index in [0.29, 0.717) is 6.54 Å². The van der Waals surface area contributed by atoms with Crippen molar-refractivity contribution in [3.63, 3.8) is 0 Å². The summed E-state index contributed by atoms with van der Waals surface area (Å²) in [5.41, 5.74) is 2.34. The first kappa shape index (κ1) is 16.2. The van der Waals surface area contributed by atoms with Crippen LogP contribution in [-0.2, 0) is 22.6 Å². The second kappa shape index (κ2) is 7.65. The van der Waals surface area contributed by atoms with Crippen LogP contribution >= 0.6 is 0 Å². The molecule has 1 N–H and O–H groups in total. The molecule has 0 saturated carbocycles. The second-order valence-corrected chi connectivity index (χ2v) is 4.99. The molecule has 1 rings (SSSR count). The first-order chi connectivity index (χ1) is 9.42. The zero-order valence-electron chi connectivity index (χ0n) is 12.3. The fraction of sp³-hybridized carbons (Fsp3) is 0.467. The van der Waals surface area contributed by atoms with E-state index in [0.717, 1.165) is 12.0 Å². The predicted octanol–water partition coefficient (Wildman–Crippen LogP) is 1.22. The zero-order valence-corrected chi connectivity index (χ0v) is 12.3. The van der Waals surface area contributed by atoms with E-state index in [-0.39, 0.29) is 19.0 Å². The molecule has 0 unspecified atom stereocenters. The van der Waals surface area contributed by atoms with Gasteiger partial charge in [0.1, 0.15) is 0 Å². The van der Waals surface area contributed by atoms with Crippen molar-refractivity contribution >= 4 is 11.9 Å². The van der Waals surface area contributed by atoms with E-state index >= 15 is 0 Å². The van der Waals surface area contributed by atoms with Crippen LogP contribution in [0, 0.1) is 0 Å². The summed E-state index contributed by atoms with van der Waals surface area (Å²) in [6, 6.07) is 8.15. The fourth-order valence-electron chi connectivity index (χ4n) is 1.88. The van der Waals surface area contributed by atoms with Crippen LogP contribution < -0.4 is 0 Å².